The molecule has 0 spiro atoms. The maximum atomic E-state index is 11.4. The zero-order valence-electron chi connectivity index (χ0n) is 11.2. The van der Waals surface area contributed by atoms with Crippen LogP contribution in [0.3, 0.4) is 0 Å². The third-order valence-electron chi connectivity index (χ3n) is 3.05. The number of hydrogen-bond acceptors (Lipinski definition) is 4. The zero-order valence-corrected chi connectivity index (χ0v) is 11.2. The molecule has 106 valence electrons. The van der Waals surface area contributed by atoms with Crippen LogP contribution in [0.1, 0.15) is 10.4 Å². The monoisotopic (exact) mass is 284 g/mol. The van der Waals surface area contributed by atoms with Crippen molar-refractivity contribution < 1.29 is 19.1 Å². The fourth-order valence-electron chi connectivity index (χ4n) is 2.09. The molecule has 6 heteroatoms. The van der Waals surface area contributed by atoms with E-state index in [1.165, 1.54) is 17.1 Å². The van der Waals surface area contributed by atoms with E-state index in [0.29, 0.717) is 22.9 Å². The molecule has 0 aliphatic carbocycles. The Kier molecular flexibility index (Phi) is 3.19. The second kappa shape index (κ2) is 5.16. The van der Waals surface area contributed by atoms with Crippen molar-refractivity contribution in [2.24, 2.45) is 0 Å². The van der Waals surface area contributed by atoms with Gasteiger partial charge < -0.3 is 14.3 Å². The van der Waals surface area contributed by atoms with Crippen LogP contribution in [0.5, 0.6) is 5.75 Å². The quantitative estimate of drug-likeness (QED) is 0.797. The lowest BCUT2D eigenvalue weighted by Gasteiger charge is -2.08. The number of methoxy groups -OCH3 is 1. The highest BCUT2D eigenvalue weighted by Crippen LogP contribution is 2.28. The summed E-state index contributed by atoms with van der Waals surface area (Å²) >= 11 is 0. The summed E-state index contributed by atoms with van der Waals surface area (Å²) in [7, 11) is 1.57. The number of carbonyl (C=O) groups is 1. The number of carboxylic acid groups (broad SMARTS) is 1. The van der Waals surface area contributed by atoms with Crippen LogP contribution in [0, 0.1) is 0 Å². The van der Waals surface area contributed by atoms with Gasteiger partial charge in [0.15, 0.2) is 5.76 Å². The van der Waals surface area contributed by atoms with Gasteiger partial charge in [0.1, 0.15) is 17.0 Å². The van der Waals surface area contributed by atoms with E-state index in [1.54, 1.807) is 31.4 Å². The van der Waals surface area contributed by atoms with Crippen molar-refractivity contribution in [3.8, 4) is 22.9 Å². The van der Waals surface area contributed by atoms with Crippen LogP contribution in [-0.2, 0) is 0 Å². The standard InChI is InChI=1S/C15H12N2O4/c1-20-11-5-2-4-10(8-11)17-14(13-6-3-7-21-13)12(9-16-17)15(18)19/h2-9H,1H3,(H,18,19). The Bertz CT molecular complexity index is 775. The highest BCUT2D eigenvalue weighted by atomic mass is 16.5. The molecule has 0 aliphatic heterocycles. The average molecular weight is 284 g/mol. The van der Waals surface area contributed by atoms with Crippen LogP contribution in [0.15, 0.2) is 53.3 Å². The number of aromatic nitrogens is 2. The number of aromatic carboxylic acids is 1. The number of furan rings is 1. The lowest BCUT2D eigenvalue weighted by Crippen LogP contribution is -2.02. The van der Waals surface area contributed by atoms with E-state index >= 15 is 0 Å². The third kappa shape index (κ3) is 2.27. The van der Waals surface area contributed by atoms with E-state index in [4.69, 9.17) is 9.15 Å². The predicted molar refractivity (Wildman–Crippen MR) is 74.8 cm³/mol. The predicted octanol–water partition coefficient (Wildman–Crippen LogP) is 2.84. The first kappa shape index (κ1) is 13.0. The van der Waals surface area contributed by atoms with Crippen molar-refractivity contribution in [3.63, 3.8) is 0 Å². The smallest absolute Gasteiger partial charge is 0.339 e. The van der Waals surface area contributed by atoms with Gasteiger partial charge in [0.2, 0.25) is 0 Å². The maximum Gasteiger partial charge on any atom is 0.339 e. The molecule has 0 amide bonds. The summed E-state index contributed by atoms with van der Waals surface area (Å²) in [5.74, 6) is 0.0357. The van der Waals surface area contributed by atoms with Gasteiger partial charge in [0.05, 0.1) is 25.3 Å². The molecule has 0 fully saturated rings. The highest BCUT2D eigenvalue weighted by Gasteiger charge is 2.21. The summed E-state index contributed by atoms with van der Waals surface area (Å²) < 4.78 is 12.0. The lowest BCUT2D eigenvalue weighted by atomic mass is 10.2. The molecule has 3 rings (SSSR count). The van der Waals surface area contributed by atoms with Gasteiger partial charge in [0, 0.05) is 6.07 Å². The van der Waals surface area contributed by atoms with Crippen LogP contribution >= 0.6 is 0 Å². The first-order chi connectivity index (χ1) is 10.2. The molecule has 0 radical (unpaired) electrons. The van der Waals surface area contributed by atoms with E-state index in [9.17, 15) is 9.90 Å². The lowest BCUT2D eigenvalue weighted by molar-refractivity contribution is 0.0697. The van der Waals surface area contributed by atoms with Crippen molar-refractivity contribution >= 4 is 5.97 Å². The summed E-state index contributed by atoms with van der Waals surface area (Å²) in [6, 6.07) is 10.6. The van der Waals surface area contributed by atoms with Gasteiger partial charge in [-0.15, -0.1) is 0 Å². The van der Waals surface area contributed by atoms with E-state index in [2.05, 4.69) is 5.10 Å². The van der Waals surface area contributed by atoms with Gasteiger partial charge in [-0.3, -0.25) is 0 Å². The minimum Gasteiger partial charge on any atom is -0.497 e. The third-order valence-corrected chi connectivity index (χ3v) is 3.05. The Balaban J connectivity index is 2.21. The largest absolute Gasteiger partial charge is 0.497 e. The maximum absolute atomic E-state index is 11.4. The summed E-state index contributed by atoms with van der Waals surface area (Å²) in [5, 5.41) is 13.5. The average Bonchev–Trinajstić information content (AvgIpc) is 3.15. The van der Waals surface area contributed by atoms with Crippen molar-refractivity contribution in [1.82, 2.24) is 9.78 Å². The first-order valence-corrected chi connectivity index (χ1v) is 6.20. The van der Waals surface area contributed by atoms with Crippen molar-refractivity contribution in [3.05, 3.63) is 54.4 Å². The van der Waals surface area contributed by atoms with Crippen LogP contribution < -0.4 is 4.74 Å². The van der Waals surface area contributed by atoms with Gasteiger partial charge in [0.25, 0.3) is 0 Å². The SMILES string of the molecule is COc1cccc(-n2ncc(C(=O)O)c2-c2ccco2)c1. The van der Waals surface area contributed by atoms with Gasteiger partial charge in [-0.1, -0.05) is 6.07 Å². The summed E-state index contributed by atoms with van der Waals surface area (Å²) in [5.41, 5.74) is 1.15. The fraction of sp³-hybridized carbons (Fsp3) is 0.0667. The molecule has 2 aromatic heterocycles. The van der Waals surface area contributed by atoms with Crippen LogP contribution in [0.25, 0.3) is 17.1 Å². The number of ether oxygens (including phenoxy) is 1. The Morgan fingerprint density at radius 2 is 2.19 bits per heavy atom. The molecular weight excluding hydrogens is 272 g/mol. The normalized spacial score (nSPS) is 10.5. The molecule has 0 aliphatic rings. The fourth-order valence-corrected chi connectivity index (χ4v) is 2.09. The highest BCUT2D eigenvalue weighted by molar-refractivity contribution is 5.94. The summed E-state index contributed by atoms with van der Waals surface area (Å²) in [6.45, 7) is 0. The van der Waals surface area contributed by atoms with Crippen LogP contribution in [0.4, 0.5) is 0 Å². The van der Waals surface area contributed by atoms with Gasteiger partial charge >= 0.3 is 5.97 Å². The number of benzene rings is 1. The zero-order chi connectivity index (χ0) is 14.8. The van der Waals surface area contributed by atoms with Crippen molar-refractivity contribution in [2.45, 2.75) is 0 Å². The van der Waals surface area contributed by atoms with Gasteiger partial charge in [-0.2, -0.15) is 5.10 Å². The molecule has 0 bridgehead atoms. The first-order valence-electron chi connectivity index (χ1n) is 6.20. The van der Waals surface area contributed by atoms with Crippen molar-refractivity contribution in [1.29, 1.82) is 0 Å². The van der Waals surface area contributed by atoms with Gasteiger partial charge in [-0.05, 0) is 24.3 Å². The molecule has 6 nitrogen and oxygen atoms in total. The Hall–Kier alpha value is -3.02. The topological polar surface area (TPSA) is 77.5 Å². The number of carboxylic acids is 1. The number of rotatable bonds is 4. The van der Waals surface area contributed by atoms with Crippen molar-refractivity contribution in [2.75, 3.05) is 7.11 Å². The van der Waals surface area contributed by atoms with Crippen LogP contribution in [0.2, 0.25) is 0 Å². The van der Waals surface area contributed by atoms with E-state index in [1.807, 2.05) is 12.1 Å². The molecule has 21 heavy (non-hydrogen) atoms. The number of hydrogen-bond donors (Lipinski definition) is 1. The minimum absolute atomic E-state index is 0.0766. The van der Waals surface area contributed by atoms with E-state index in [-0.39, 0.29) is 5.56 Å². The molecule has 0 atom stereocenters. The minimum atomic E-state index is -1.06. The molecule has 2 heterocycles. The Morgan fingerprint density at radius 3 is 2.86 bits per heavy atom. The van der Waals surface area contributed by atoms with E-state index < -0.39 is 5.97 Å². The molecule has 3 aromatic rings. The number of nitrogens with zero attached hydrogens (tertiary/aromatic N) is 2. The summed E-state index contributed by atoms with van der Waals surface area (Å²) in [6.07, 6.45) is 2.80. The Morgan fingerprint density at radius 1 is 1.33 bits per heavy atom. The molecule has 1 N–H and O–H groups in total. The molecule has 1 aromatic carbocycles. The second-order valence-corrected chi connectivity index (χ2v) is 4.30. The molecular formula is C15H12N2O4. The molecule has 0 saturated heterocycles. The van der Waals surface area contributed by atoms with Gasteiger partial charge in [-0.25, -0.2) is 9.48 Å². The molecule has 0 unspecified atom stereocenters. The van der Waals surface area contributed by atoms with Crippen LogP contribution in [-0.4, -0.2) is 28.0 Å². The summed E-state index contributed by atoms with van der Waals surface area (Å²) in [4.78, 5) is 11.4. The molecule has 0 saturated carbocycles. The Labute approximate surface area is 120 Å². The second-order valence-electron chi connectivity index (χ2n) is 4.30. The van der Waals surface area contributed by atoms with E-state index in [0.717, 1.165) is 0 Å².